The number of morpholine rings is 1. The van der Waals surface area contributed by atoms with Gasteiger partial charge >= 0.3 is 0 Å². The van der Waals surface area contributed by atoms with Gasteiger partial charge in [0.2, 0.25) is 11.2 Å². The SMILES string of the molecule is COc1cc(N2CCOCC2)ccc1N(C)N=Cc1ccc2ccccc2[n+]1C. The Morgan fingerprint density at radius 2 is 1.90 bits per heavy atom. The summed E-state index contributed by atoms with van der Waals surface area (Å²) >= 11 is 0. The second-order valence-corrected chi connectivity index (χ2v) is 7.10. The molecule has 4 rings (SSSR count). The maximum Gasteiger partial charge on any atom is 0.225 e. The highest BCUT2D eigenvalue weighted by atomic mass is 16.5. The standard InChI is InChI=1S/C23H27N4O2/c1-25-20(9-8-18-6-4-5-7-21(18)25)17-24-26(2)22-11-10-19(16-23(22)28-3)27-12-14-29-15-13-27/h4-11,16-17H,12-15H2,1-3H3/q+1. The third-order valence-electron chi connectivity index (χ3n) is 5.37. The Kier molecular flexibility index (Phi) is 5.62. The predicted octanol–water partition coefficient (Wildman–Crippen LogP) is 2.98. The van der Waals surface area contributed by atoms with Crippen molar-refractivity contribution in [1.82, 2.24) is 0 Å². The highest BCUT2D eigenvalue weighted by molar-refractivity contribution is 5.82. The van der Waals surface area contributed by atoms with Gasteiger partial charge in [0, 0.05) is 49.4 Å². The van der Waals surface area contributed by atoms with Crippen molar-refractivity contribution in [2.45, 2.75) is 0 Å². The van der Waals surface area contributed by atoms with E-state index in [9.17, 15) is 0 Å². The Bertz CT molecular complexity index is 1030. The van der Waals surface area contributed by atoms with Crippen LogP contribution < -0.4 is 19.2 Å². The molecule has 1 aliphatic heterocycles. The van der Waals surface area contributed by atoms with Crippen molar-refractivity contribution in [3.05, 3.63) is 60.3 Å². The zero-order valence-electron chi connectivity index (χ0n) is 17.2. The van der Waals surface area contributed by atoms with Crippen molar-refractivity contribution >= 4 is 28.5 Å². The molecule has 0 aliphatic carbocycles. The second kappa shape index (κ2) is 8.49. The summed E-state index contributed by atoms with van der Waals surface area (Å²) < 4.78 is 13.2. The summed E-state index contributed by atoms with van der Waals surface area (Å²) in [6.07, 6.45) is 1.88. The number of para-hydroxylation sites is 1. The third-order valence-corrected chi connectivity index (χ3v) is 5.37. The van der Waals surface area contributed by atoms with Crippen LogP contribution in [-0.2, 0) is 11.8 Å². The van der Waals surface area contributed by atoms with Crippen LogP contribution >= 0.6 is 0 Å². The van der Waals surface area contributed by atoms with E-state index in [0.29, 0.717) is 0 Å². The number of hydrogen-bond acceptors (Lipinski definition) is 5. The Labute approximate surface area is 171 Å². The van der Waals surface area contributed by atoms with Crippen molar-refractivity contribution < 1.29 is 14.0 Å². The number of fused-ring (bicyclic) bond motifs is 1. The molecule has 2 heterocycles. The van der Waals surface area contributed by atoms with Crippen LogP contribution in [-0.4, -0.2) is 46.7 Å². The fraction of sp³-hybridized carbons (Fsp3) is 0.304. The van der Waals surface area contributed by atoms with E-state index in [1.54, 1.807) is 7.11 Å². The number of pyridine rings is 1. The number of methoxy groups -OCH3 is 1. The van der Waals surface area contributed by atoms with Crippen LogP contribution in [0.3, 0.4) is 0 Å². The molecule has 1 aliphatic rings. The van der Waals surface area contributed by atoms with E-state index in [1.165, 1.54) is 10.9 Å². The van der Waals surface area contributed by atoms with Crippen molar-refractivity contribution in [2.75, 3.05) is 50.4 Å². The number of nitrogens with zero attached hydrogens (tertiary/aromatic N) is 4. The van der Waals surface area contributed by atoms with Crippen molar-refractivity contribution in [3.8, 4) is 5.75 Å². The van der Waals surface area contributed by atoms with E-state index in [2.05, 4.69) is 76.2 Å². The monoisotopic (exact) mass is 391 g/mol. The Hall–Kier alpha value is -3.12. The molecule has 1 aromatic heterocycles. The van der Waals surface area contributed by atoms with Crippen LogP contribution in [0.5, 0.6) is 5.75 Å². The molecule has 0 bridgehead atoms. The summed E-state index contributed by atoms with van der Waals surface area (Å²) in [6, 6.07) is 18.8. The smallest absolute Gasteiger partial charge is 0.225 e. The molecule has 6 heteroatoms. The number of anilines is 2. The maximum absolute atomic E-state index is 5.65. The molecule has 0 atom stereocenters. The highest BCUT2D eigenvalue weighted by Gasteiger charge is 2.15. The van der Waals surface area contributed by atoms with Crippen LogP contribution in [0.4, 0.5) is 11.4 Å². The van der Waals surface area contributed by atoms with E-state index in [4.69, 9.17) is 9.47 Å². The first-order chi connectivity index (χ1) is 14.2. The van der Waals surface area contributed by atoms with Crippen molar-refractivity contribution in [1.29, 1.82) is 0 Å². The zero-order valence-corrected chi connectivity index (χ0v) is 17.2. The highest BCUT2D eigenvalue weighted by Crippen LogP contribution is 2.32. The van der Waals surface area contributed by atoms with Crippen LogP contribution in [0.2, 0.25) is 0 Å². The molecule has 1 saturated heterocycles. The molecule has 0 spiro atoms. The molecule has 29 heavy (non-hydrogen) atoms. The van der Waals surface area contributed by atoms with Crippen LogP contribution in [0, 0.1) is 0 Å². The minimum atomic E-state index is 0.761. The van der Waals surface area contributed by atoms with E-state index in [0.717, 1.165) is 49.1 Å². The van der Waals surface area contributed by atoms with Gasteiger partial charge < -0.3 is 14.4 Å². The van der Waals surface area contributed by atoms with Gasteiger partial charge in [0.05, 0.1) is 20.3 Å². The summed E-state index contributed by atoms with van der Waals surface area (Å²) in [7, 11) is 5.69. The molecular weight excluding hydrogens is 364 g/mol. The Morgan fingerprint density at radius 1 is 1.10 bits per heavy atom. The summed E-state index contributed by atoms with van der Waals surface area (Å²) in [6.45, 7) is 3.32. The first kappa shape index (κ1) is 19.2. The van der Waals surface area contributed by atoms with E-state index >= 15 is 0 Å². The molecule has 1 fully saturated rings. The quantitative estimate of drug-likeness (QED) is 0.381. The largest absolute Gasteiger partial charge is 0.494 e. The van der Waals surface area contributed by atoms with Crippen LogP contribution in [0.25, 0.3) is 10.9 Å². The maximum atomic E-state index is 5.65. The normalized spacial score (nSPS) is 14.5. The molecule has 3 aromatic rings. The van der Waals surface area contributed by atoms with Crippen LogP contribution in [0.1, 0.15) is 5.69 Å². The van der Waals surface area contributed by atoms with Gasteiger partial charge in [-0.3, -0.25) is 5.01 Å². The van der Waals surface area contributed by atoms with Gasteiger partial charge in [-0.25, -0.2) is 0 Å². The molecular formula is C23H27N4O2+. The summed E-state index contributed by atoms with van der Waals surface area (Å²) in [4.78, 5) is 2.31. The van der Waals surface area contributed by atoms with Gasteiger partial charge in [-0.15, -0.1) is 0 Å². The number of aryl methyl sites for hydroxylation is 1. The Balaban J connectivity index is 1.57. The van der Waals surface area contributed by atoms with E-state index < -0.39 is 0 Å². The van der Waals surface area contributed by atoms with Crippen molar-refractivity contribution in [2.24, 2.45) is 12.1 Å². The summed E-state index contributed by atoms with van der Waals surface area (Å²) in [5.41, 5.74) is 4.27. The molecule has 0 amide bonds. The van der Waals surface area contributed by atoms with Crippen molar-refractivity contribution in [3.63, 3.8) is 0 Å². The predicted molar refractivity (Wildman–Crippen MR) is 117 cm³/mol. The van der Waals surface area contributed by atoms with Gasteiger partial charge in [0.25, 0.3) is 0 Å². The molecule has 0 saturated carbocycles. The number of aromatic nitrogens is 1. The molecule has 2 aromatic carbocycles. The minimum Gasteiger partial charge on any atom is -0.494 e. The molecule has 0 unspecified atom stereocenters. The minimum absolute atomic E-state index is 0.761. The van der Waals surface area contributed by atoms with Gasteiger partial charge in [-0.2, -0.15) is 9.67 Å². The van der Waals surface area contributed by atoms with E-state index in [1.807, 2.05) is 18.3 Å². The topological polar surface area (TPSA) is 41.2 Å². The van der Waals surface area contributed by atoms with Gasteiger partial charge in [-0.05, 0) is 24.3 Å². The molecule has 0 radical (unpaired) electrons. The van der Waals surface area contributed by atoms with Gasteiger partial charge in [0.15, 0.2) is 0 Å². The Morgan fingerprint density at radius 3 is 2.69 bits per heavy atom. The lowest BCUT2D eigenvalue weighted by Gasteiger charge is -2.29. The molecule has 0 N–H and O–H groups in total. The average molecular weight is 391 g/mol. The zero-order chi connectivity index (χ0) is 20.2. The fourth-order valence-electron chi connectivity index (χ4n) is 3.65. The summed E-state index contributed by atoms with van der Waals surface area (Å²) in [5, 5.41) is 7.71. The third kappa shape index (κ3) is 4.03. The number of rotatable bonds is 5. The average Bonchev–Trinajstić information content (AvgIpc) is 2.78. The summed E-state index contributed by atoms with van der Waals surface area (Å²) in [5.74, 6) is 0.802. The van der Waals surface area contributed by atoms with Gasteiger partial charge in [0.1, 0.15) is 24.7 Å². The number of ether oxygens (including phenoxy) is 2. The van der Waals surface area contributed by atoms with Crippen LogP contribution in [0.15, 0.2) is 59.7 Å². The lowest BCUT2D eigenvalue weighted by Crippen LogP contribution is -2.36. The lowest BCUT2D eigenvalue weighted by molar-refractivity contribution is -0.645. The van der Waals surface area contributed by atoms with E-state index in [-0.39, 0.29) is 0 Å². The first-order valence-corrected chi connectivity index (χ1v) is 9.83. The fourth-order valence-corrected chi connectivity index (χ4v) is 3.65. The molecule has 6 nitrogen and oxygen atoms in total. The van der Waals surface area contributed by atoms with Gasteiger partial charge in [-0.1, -0.05) is 12.1 Å². The lowest BCUT2D eigenvalue weighted by atomic mass is 10.2. The number of hydrazone groups is 1. The second-order valence-electron chi connectivity index (χ2n) is 7.10. The molecule has 150 valence electrons. The number of benzene rings is 2. The number of hydrogen-bond donors (Lipinski definition) is 0. The first-order valence-electron chi connectivity index (χ1n) is 9.83.